The Kier molecular flexibility index (Phi) is 42.3. The fourth-order valence-corrected chi connectivity index (χ4v) is 12.1. The van der Waals surface area contributed by atoms with E-state index in [1.165, 1.54) is 56.4 Å². The summed E-state index contributed by atoms with van der Waals surface area (Å²) in [5, 5.41) is 111. The zero-order valence-electron chi connectivity index (χ0n) is 67.0. The molecule has 0 bridgehead atoms. The highest BCUT2D eigenvalue weighted by Crippen LogP contribution is 2.21. The first kappa shape index (κ1) is 101. The second kappa shape index (κ2) is 50.9. The van der Waals surface area contributed by atoms with Gasteiger partial charge in [0.1, 0.15) is 84.3 Å². The Balaban J connectivity index is 1.57. The molecule has 14 amide bonds. The monoisotopic (exact) mass is 1700 g/mol. The topological polar surface area (TPSA) is 745 Å². The molecule has 0 saturated heterocycles. The Bertz CT molecular complexity index is 4250. The standard InChI is InChI=1S/C77H110N18O26/c1-38(2)62(94-76(119)63(40(4)98)95-68(111)49(19-11-13-29-79)85-71(114)54(33-58(81)100)90-70(113)53(32-43-35-82-47-17-9-8-16-45(43)47)89-73(116)56(36-96)92-64(107)46(80)30-42-20-22-44(99)23-21-42)75(118)87-51(25-27-60(103)104)67(110)84-48(18-10-12-28-78)66(109)93-57(37-97)74(117)91-55(34-61(105)106)72(115)88-52(31-41-14-6-5-7-15-41)69(112)86-50(24-26-59(101)102)65(108)83-39(3)77(120)121/h5-9,14-17,20-23,35,38-40,46,48-57,62-63,82,96-99H,10-13,18-19,24-34,36-37,78-80H2,1-4H3,(H2,81,100)(H,83,108)(H,84,110)(H,85,114)(H,86,112)(H,87,118)(H,88,115)(H,89,116)(H,90,113)(H,91,117)(H,92,107)(H,93,109)(H,94,119)(H,95,111)(H,101,102)(H,103,104)(H,105,106)(H,120,121)/t39-,40+,46-,48-,49-,50-,51-,52-,53-,54-,55-,56-,57-,62-,63-/m0/s1. The molecule has 15 atom stereocenters. The van der Waals surface area contributed by atoms with Crippen LogP contribution >= 0.6 is 0 Å². The highest BCUT2D eigenvalue weighted by Gasteiger charge is 2.40. The number of carbonyl (C=O) groups is 18. The SMILES string of the molecule is CC(C)[C@H](NC(=O)[C@@H](NC(=O)[C@H](CCCCN)NC(=O)[C@H](CC(N)=O)NC(=O)[C@H](Cc1c[nH]c2ccccc12)NC(=O)[C@H](CO)NC(=O)[C@@H](N)Cc1ccc(O)cc1)[C@@H](C)O)C(=O)N[C@@H](CCC(=O)O)C(=O)N[C@@H](CCCCN)C(=O)N[C@@H](CO)C(=O)N[C@@H](CC(=O)O)C(=O)N[C@@H](Cc1ccccc1)C(=O)N[C@@H](CCC(=O)O)C(=O)N[C@@H](C)C(=O)O. The smallest absolute Gasteiger partial charge is 0.325 e. The number of phenols is 1. The number of aliphatic carboxylic acids is 4. The third-order valence-electron chi connectivity index (χ3n) is 18.8. The van der Waals surface area contributed by atoms with Crippen molar-refractivity contribution in [1.29, 1.82) is 0 Å². The fraction of sp³-hybridized carbons (Fsp3) is 0.506. The van der Waals surface area contributed by atoms with Gasteiger partial charge in [0.2, 0.25) is 82.7 Å². The molecule has 0 aliphatic carbocycles. The summed E-state index contributed by atoms with van der Waals surface area (Å²) in [4.78, 5) is 246. The van der Waals surface area contributed by atoms with Crippen LogP contribution in [-0.4, -0.2) is 269 Å². The molecule has 30 N–H and O–H groups in total. The number of hydrogen-bond acceptors (Lipinski definition) is 25. The summed E-state index contributed by atoms with van der Waals surface area (Å²) in [6.45, 7) is 2.78. The summed E-state index contributed by atoms with van der Waals surface area (Å²) in [6, 6.07) is -4.48. The lowest BCUT2D eigenvalue weighted by Gasteiger charge is -2.30. The molecule has 4 rings (SSSR count). The molecule has 44 heteroatoms. The number of fused-ring (bicyclic) bond motifs is 1. The molecule has 0 saturated carbocycles. The number of H-pyrrole nitrogens is 1. The number of para-hydroxylation sites is 1. The highest BCUT2D eigenvalue weighted by molar-refractivity contribution is 6.02. The van der Waals surface area contributed by atoms with E-state index >= 15 is 0 Å². The third kappa shape index (κ3) is 34.6. The van der Waals surface area contributed by atoms with Crippen molar-refractivity contribution in [2.24, 2.45) is 28.9 Å². The number of unbranched alkanes of at least 4 members (excludes halogenated alkanes) is 2. The van der Waals surface area contributed by atoms with Crippen molar-refractivity contribution in [1.82, 2.24) is 74.1 Å². The predicted octanol–water partition coefficient (Wildman–Crippen LogP) is -7.01. The summed E-state index contributed by atoms with van der Waals surface area (Å²) in [5.41, 5.74) is 25.2. The largest absolute Gasteiger partial charge is 0.508 e. The quantitative estimate of drug-likeness (QED) is 0.0183. The van der Waals surface area contributed by atoms with E-state index in [0.29, 0.717) is 27.6 Å². The number of aliphatic hydroxyl groups excluding tert-OH is 3. The van der Waals surface area contributed by atoms with Crippen molar-refractivity contribution in [3.05, 3.63) is 102 Å². The lowest BCUT2D eigenvalue weighted by molar-refractivity contribution is -0.142. The number of aromatic amines is 1. The molecule has 0 aliphatic heterocycles. The molecule has 3 aromatic carbocycles. The molecule has 1 heterocycles. The maximum atomic E-state index is 14.6. The Morgan fingerprint density at radius 2 is 0.769 bits per heavy atom. The Labute approximate surface area is 693 Å². The molecular weight excluding hydrogens is 1590 g/mol. The van der Waals surface area contributed by atoms with Gasteiger partial charge in [-0.3, -0.25) is 86.3 Å². The maximum Gasteiger partial charge on any atom is 0.325 e. The van der Waals surface area contributed by atoms with E-state index < -0.39 is 261 Å². The van der Waals surface area contributed by atoms with Crippen LogP contribution in [0, 0.1) is 5.92 Å². The fourth-order valence-electron chi connectivity index (χ4n) is 12.1. The molecule has 0 fully saturated rings. The lowest BCUT2D eigenvalue weighted by atomic mass is 10.0. The van der Waals surface area contributed by atoms with E-state index in [2.05, 4.69) is 74.1 Å². The summed E-state index contributed by atoms with van der Waals surface area (Å²) in [5.74, 6) is -23.8. The van der Waals surface area contributed by atoms with Crippen molar-refractivity contribution in [2.45, 2.75) is 215 Å². The van der Waals surface area contributed by atoms with Gasteiger partial charge in [-0.25, -0.2) is 0 Å². The number of aliphatic hydroxyl groups is 3. The molecule has 0 spiro atoms. The number of carboxylic acid groups (broad SMARTS) is 4. The van der Waals surface area contributed by atoms with Crippen LogP contribution in [0.3, 0.4) is 0 Å². The normalized spacial score (nSPS) is 14.9. The van der Waals surface area contributed by atoms with Crippen molar-refractivity contribution in [3.63, 3.8) is 0 Å². The first-order valence-corrected chi connectivity index (χ1v) is 38.7. The van der Waals surface area contributed by atoms with E-state index in [9.17, 15) is 127 Å². The van der Waals surface area contributed by atoms with Crippen molar-refractivity contribution >= 4 is 117 Å². The zero-order valence-corrected chi connectivity index (χ0v) is 67.0. The molecule has 664 valence electrons. The minimum absolute atomic E-state index is 0.0345. The van der Waals surface area contributed by atoms with Crippen molar-refractivity contribution in [2.75, 3.05) is 26.3 Å². The number of benzene rings is 3. The number of nitrogens with two attached hydrogens (primary N) is 4. The minimum Gasteiger partial charge on any atom is -0.508 e. The maximum absolute atomic E-state index is 14.6. The number of primary amides is 1. The summed E-state index contributed by atoms with van der Waals surface area (Å²) >= 11 is 0. The van der Waals surface area contributed by atoms with E-state index in [4.69, 9.17) is 22.9 Å². The number of aromatic hydroxyl groups is 1. The molecule has 0 aliphatic rings. The van der Waals surface area contributed by atoms with Gasteiger partial charge in [-0.1, -0.05) is 74.5 Å². The first-order valence-electron chi connectivity index (χ1n) is 38.7. The van der Waals surface area contributed by atoms with Crippen LogP contribution in [0.4, 0.5) is 0 Å². The highest BCUT2D eigenvalue weighted by atomic mass is 16.4. The van der Waals surface area contributed by atoms with Gasteiger partial charge >= 0.3 is 23.9 Å². The van der Waals surface area contributed by atoms with E-state index in [0.717, 1.165) is 13.8 Å². The number of rotatable bonds is 55. The van der Waals surface area contributed by atoms with Gasteiger partial charge in [0.25, 0.3) is 0 Å². The van der Waals surface area contributed by atoms with Gasteiger partial charge in [-0.15, -0.1) is 0 Å². The van der Waals surface area contributed by atoms with Crippen LogP contribution in [0.25, 0.3) is 10.9 Å². The van der Waals surface area contributed by atoms with Crippen molar-refractivity contribution < 1.29 is 127 Å². The first-order chi connectivity index (χ1) is 57.2. The van der Waals surface area contributed by atoms with Crippen LogP contribution in [0.1, 0.15) is 121 Å². The van der Waals surface area contributed by atoms with E-state index in [-0.39, 0.29) is 70.2 Å². The molecule has 44 nitrogen and oxygen atoms in total. The summed E-state index contributed by atoms with van der Waals surface area (Å²) in [6.07, 6.45) is -6.05. The third-order valence-corrected chi connectivity index (χ3v) is 18.8. The number of nitrogens with one attached hydrogen (secondary N) is 14. The Morgan fingerprint density at radius 3 is 1.23 bits per heavy atom. The van der Waals surface area contributed by atoms with Crippen LogP contribution in [0.5, 0.6) is 5.75 Å². The predicted molar refractivity (Wildman–Crippen MR) is 427 cm³/mol. The molecular formula is C77H110N18O26. The summed E-state index contributed by atoms with van der Waals surface area (Å²) in [7, 11) is 0. The summed E-state index contributed by atoms with van der Waals surface area (Å²) < 4.78 is 0. The van der Waals surface area contributed by atoms with Gasteiger partial charge in [-0.05, 0) is 126 Å². The Hall–Kier alpha value is -12.8. The van der Waals surface area contributed by atoms with Gasteiger partial charge in [0.15, 0.2) is 0 Å². The zero-order chi connectivity index (χ0) is 90.3. The number of hydrogen-bond donors (Lipinski definition) is 26. The van der Waals surface area contributed by atoms with E-state index in [1.54, 1.807) is 42.5 Å². The number of aromatic nitrogens is 1. The lowest BCUT2D eigenvalue weighted by Crippen LogP contribution is -2.63. The van der Waals surface area contributed by atoms with Crippen LogP contribution in [0.2, 0.25) is 0 Å². The number of carbonyl (C=O) groups excluding carboxylic acids is 14. The van der Waals surface area contributed by atoms with E-state index in [1.807, 2.05) is 0 Å². The number of carboxylic acids is 4. The minimum atomic E-state index is -2.13. The van der Waals surface area contributed by atoms with Crippen LogP contribution in [0.15, 0.2) is 85.1 Å². The molecule has 0 unspecified atom stereocenters. The molecule has 4 aromatic rings. The Morgan fingerprint density at radius 1 is 0.388 bits per heavy atom. The van der Waals surface area contributed by atoms with Gasteiger partial charge in [0.05, 0.1) is 38.2 Å². The van der Waals surface area contributed by atoms with Gasteiger partial charge in [-0.2, -0.15) is 0 Å². The molecule has 0 radical (unpaired) electrons. The molecule has 121 heavy (non-hydrogen) atoms. The van der Waals surface area contributed by atoms with Crippen LogP contribution < -0.4 is 92.1 Å². The van der Waals surface area contributed by atoms with Crippen LogP contribution in [-0.2, 0) is 106 Å². The van der Waals surface area contributed by atoms with Gasteiger partial charge < -0.3 is 138 Å². The van der Waals surface area contributed by atoms with Crippen molar-refractivity contribution in [3.8, 4) is 5.75 Å². The van der Waals surface area contributed by atoms with Gasteiger partial charge in [0, 0.05) is 42.8 Å². The average molecular weight is 1700 g/mol. The number of amides is 14. The number of phenolic OH excluding ortho intramolecular Hbond substituents is 1. The second-order valence-corrected chi connectivity index (χ2v) is 28.9. The second-order valence-electron chi connectivity index (χ2n) is 28.9. The average Bonchev–Trinajstić information content (AvgIpc) is 1.69. The molecule has 1 aromatic heterocycles.